The molecule has 6 rings (SSSR count). The van der Waals surface area contributed by atoms with Crippen LogP contribution in [0.3, 0.4) is 0 Å². The molecule has 2 N–H and O–H groups in total. The van der Waals surface area contributed by atoms with Crippen molar-refractivity contribution in [3.63, 3.8) is 0 Å². The fraction of sp³-hybridized carbons (Fsp3) is 0.750. The number of fused-ring (bicyclic) bond motifs is 7. The normalized spacial score (nSPS) is 44.6. The van der Waals surface area contributed by atoms with Crippen LogP contribution in [0.1, 0.15) is 113 Å². The van der Waals surface area contributed by atoms with E-state index in [-0.39, 0.29) is 49.5 Å². The van der Waals surface area contributed by atoms with E-state index in [0.29, 0.717) is 30.8 Å². The lowest BCUT2D eigenvalue weighted by molar-refractivity contribution is -0.282. The molecule has 6 nitrogen and oxygen atoms in total. The summed E-state index contributed by atoms with van der Waals surface area (Å²) in [5.41, 5.74) is 4.42. The van der Waals surface area contributed by atoms with Crippen LogP contribution in [0, 0.1) is 50.2 Å². The summed E-state index contributed by atoms with van der Waals surface area (Å²) in [6.45, 7) is 32.6. The van der Waals surface area contributed by atoms with Gasteiger partial charge >= 0.3 is 5.97 Å². The van der Waals surface area contributed by atoms with Crippen LogP contribution in [0.2, 0.25) is 0 Å². The van der Waals surface area contributed by atoms with E-state index in [0.717, 1.165) is 37.9 Å². The molecule has 0 aromatic rings. The summed E-state index contributed by atoms with van der Waals surface area (Å²) >= 11 is 0. The zero-order valence-electron chi connectivity index (χ0n) is 33.2. The predicted octanol–water partition coefficient (Wildman–Crippen LogP) is 8.79. The van der Waals surface area contributed by atoms with Crippen molar-refractivity contribution in [1.29, 1.82) is 0 Å². The summed E-state index contributed by atoms with van der Waals surface area (Å²) in [6, 6.07) is 0. The highest BCUT2D eigenvalue weighted by Crippen LogP contribution is 2.82. The Kier molecular flexibility index (Phi) is 9.75. The quantitative estimate of drug-likeness (QED) is 0.183. The van der Waals surface area contributed by atoms with E-state index in [1.807, 2.05) is 6.08 Å². The fourth-order valence-electron chi connectivity index (χ4n) is 14.3. The Morgan fingerprint density at radius 2 is 1.53 bits per heavy atom. The monoisotopic (exact) mass is 720 g/mol. The molecule has 4 saturated carbocycles. The maximum absolute atomic E-state index is 12.1. The van der Waals surface area contributed by atoms with Crippen LogP contribution in [0.5, 0.6) is 0 Å². The highest BCUT2D eigenvalue weighted by molar-refractivity contribution is 7.91. The molecule has 1 aliphatic heterocycles. The maximum atomic E-state index is 12.1. The van der Waals surface area contributed by atoms with Crippen molar-refractivity contribution >= 4 is 15.8 Å². The largest absolute Gasteiger partial charge is 0.478 e. The lowest BCUT2D eigenvalue weighted by Crippen LogP contribution is -2.74. The molecule has 51 heavy (non-hydrogen) atoms. The van der Waals surface area contributed by atoms with Crippen molar-refractivity contribution in [2.24, 2.45) is 50.2 Å². The highest BCUT2D eigenvalue weighted by Gasteiger charge is 2.77. The number of rotatable bonds is 9. The van der Waals surface area contributed by atoms with Gasteiger partial charge in [-0.15, -0.1) is 0 Å². The van der Waals surface area contributed by atoms with Crippen LogP contribution < -0.4 is 5.32 Å². The third-order valence-electron chi connectivity index (χ3n) is 17.8. The number of carboxylic acid groups (broad SMARTS) is 1. The number of hydrogen-bond donors (Lipinski definition) is 2. The first-order valence-electron chi connectivity index (χ1n) is 20.0. The van der Waals surface area contributed by atoms with E-state index < -0.39 is 15.8 Å². The van der Waals surface area contributed by atoms with Crippen molar-refractivity contribution in [3.8, 4) is 0 Å². The second-order valence-corrected chi connectivity index (χ2v) is 21.8. The van der Waals surface area contributed by atoms with Gasteiger partial charge in [-0.1, -0.05) is 91.5 Å². The molecule has 0 amide bonds. The number of nitrogens with one attached hydrogen (secondary N) is 1. The summed E-state index contributed by atoms with van der Waals surface area (Å²) in [6.07, 6.45) is 20.1. The number of aliphatic carboxylic acids is 1. The van der Waals surface area contributed by atoms with E-state index in [1.165, 1.54) is 55.7 Å². The first-order valence-corrected chi connectivity index (χ1v) is 21.8. The second kappa shape index (κ2) is 12.8. The van der Waals surface area contributed by atoms with Crippen LogP contribution in [0.4, 0.5) is 0 Å². The average Bonchev–Trinajstić information content (AvgIpc) is 3.34. The van der Waals surface area contributed by atoms with Gasteiger partial charge in [-0.2, -0.15) is 0 Å². The molecule has 0 spiro atoms. The molecule has 1 saturated heterocycles. The third-order valence-corrected chi connectivity index (χ3v) is 19.4. The van der Waals surface area contributed by atoms with Gasteiger partial charge in [-0.3, -0.25) is 0 Å². The van der Waals surface area contributed by atoms with Crippen molar-refractivity contribution in [2.75, 3.05) is 37.7 Å². The van der Waals surface area contributed by atoms with E-state index in [4.69, 9.17) is 11.7 Å². The molecule has 9 atom stereocenters. The van der Waals surface area contributed by atoms with Crippen molar-refractivity contribution in [3.05, 3.63) is 60.3 Å². The van der Waals surface area contributed by atoms with E-state index in [1.54, 1.807) is 6.08 Å². The van der Waals surface area contributed by atoms with Gasteiger partial charge in [-0.05, 0) is 126 Å². The Labute approximate surface area is 310 Å². The fourth-order valence-corrected chi connectivity index (χ4v) is 15.6. The second-order valence-electron chi connectivity index (χ2n) is 19.5. The maximum Gasteiger partial charge on any atom is 0.328 e. The molecule has 0 aromatic carbocycles. The molecule has 0 radical (unpaired) electrons. The van der Waals surface area contributed by atoms with Crippen LogP contribution in [-0.4, -0.2) is 67.6 Å². The zero-order valence-corrected chi connectivity index (χ0v) is 34.0. The van der Waals surface area contributed by atoms with E-state index >= 15 is 0 Å². The predicted molar refractivity (Wildman–Crippen MR) is 210 cm³/mol. The summed E-state index contributed by atoms with van der Waals surface area (Å²) in [5, 5.41) is 13.3. The topological polar surface area (TPSA) is 86.7 Å². The van der Waals surface area contributed by atoms with Crippen LogP contribution in [-0.2, 0) is 14.6 Å². The first-order chi connectivity index (χ1) is 23.6. The molecule has 5 fully saturated rings. The van der Waals surface area contributed by atoms with Crippen molar-refractivity contribution in [2.45, 2.75) is 119 Å². The molecule has 284 valence electrons. The summed E-state index contributed by atoms with van der Waals surface area (Å²) in [7, 11) is -2.89. The first kappa shape index (κ1) is 38.8. The molecule has 5 aliphatic carbocycles. The van der Waals surface area contributed by atoms with Crippen LogP contribution in [0.15, 0.2) is 60.3 Å². The van der Waals surface area contributed by atoms with Gasteiger partial charge in [0.25, 0.3) is 0 Å². The molecule has 1 heterocycles. The Bertz CT molecular complexity index is 1640. The van der Waals surface area contributed by atoms with Gasteiger partial charge in [0.05, 0.1) is 11.5 Å². The zero-order chi connectivity index (χ0) is 37.5. The van der Waals surface area contributed by atoms with Crippen molar-refractivity contribution in [1.82, 2.24) is 10.2 Å². The summed E-state index contributed by atoms with van der Waals surface area (Å²) in [5.74, 6) is 1.14. The molecular formula is C44H68N2O4S. The average molecular weight is 721 g/mol. The Hall–Kier alpha value is -1.96. The van der Waals surface area contributed by atoms with Gasteiger partial charge < -0.3 is 15.3 Å². The number of nitrogens with zero attached hydrogens (tertiary/aromatic N) is 1. The lowest BCUT2D eigenvalue weighted by Gasteiger charge is -2.78. The van der Waals surface area contributed by atoms with Gasteiger partial charge in [-0.25, -0.2) is 13.2 Å². The minimum Gasteiger partial charge on any atom is -0.478 e. The summed E-state index contributed by atoms with van der Waals surface area (Å²) in [4.78, 5) is 13.4. The van der Waals surface area contributed by atoms with Gasteiger partial charge in [0.1, 0.15) is 0 Å². The number of hydrogen-bond acceptors (Lipinski definition) is 5. The molecule has 6 aliphatic rings. The Morgan fingerprint density at radius 1 is 0.902 bits per heavy atom. The minimum absolute atomic E-state index is 0.00536. The summed E-state index contributed by atoms with van der Waals surface area (Å²) < 4.78 is 24.2. The Balaban J connectivity index is 1.33. The van der Waals surface area contributed by atoms with Crippen molar-refractivity contribution < 1.29 is 18.3 Å². The highest BCUT2D eigenvalue weighted by atomic mass is 32.2. The third kappa shape index (κ3) is 5.58. The minimum atomic E-state index is -2.89. The SMILES string of the molecule is C=C(C)C(=C)[C@@H]1CC[C@]2(NCCN3CCS(=O)(=O)CC3)CC[C@]3(C)[C@H](CC[C@@]4(C)[C@@]3(C)CCC3C(C)(C)C(/C=C\C=C\C(=O)O)=CC[C@@]34C)[C@@]12C. The molecule has 0 bridgehead atoms. The molecule has 0 aromatic heterocycles. The molecular weight excluding hydrogens is 653 g/mol. The number of sulfone groups is 1. The lowest BCUT2D eigenvalue weighted by atomic mass is 9.27. The number of carbonyl (C=O) groups is 1. The number of allylic oxidation sites excluding steroid dienone is 7. The van der Waals surface area contributed by atoms with Gasteiger partial charge in [0.15, 0.2) is 9.84 Å². The number of carboxylic acids is 1. The van der Waals surface area contributed by atoms with Crippen LogP contribution in [0.25, 0.3) is 0 Å². The molecule has 7 heteroatoms. The van der Waals surface area contributed by atoms with Crippen LogP contribution >= 0.6 is 0 Å². The Morgan fingerprint density at radius 3 is 2.16 bits per heavy atom. The van der Waals surface area contributed by atoms with Gasteiger partial charge in [0.2, 0.25) is 0 Å². The van der Waals surface area contributed by atoms with E-state index in [2.05, 4.69) is 84.3 Å². The smallest absolute Gasteiger partial charge is 0.328 e. The molecule has 1 unspecified atom stereocenters. The van der Waals surface area contributed by atoms with E-state index in [9.17, 15) is 13.2 Å². The van der Waals surface area contributed by atoms with Gasteiger partial charge in [0, 0.05) is 37.8 Å². The standard InChI is InChI=1S/C44H68N2O4S/c1-31(2)32(3)34-16-22-44(45-25-26-46-27-29-51(49,50)30-28-46)24-23-40(7)36(43(34,44)10)18-21-41(8)39(6)19-15-33(13-11-12-14-37(47)48)38(4,5)35(39)17-20-42(40,41)9/h11-15,34-36,45H,1,3,16-30H2,2,4-10H3,(H,47,48)/b13-11-,14-12+/t34-,35?,36-,39-,40+,41+,42-,43+,44-/m0/s1.